The lowest BCUT2D eigenvalue weighted by molar-refractivity contribution is -0.131. The lowest BCUT2D eigenvalue weighted by Gasteiger charge is -2.06. The van der Waals surface area contributed by atoms with Gasteiger partial charge in [-0.15, -0.1) is 0 Å². The second-order valence-electron chi connectivity index (χ2n) is 2.98. The van der Waals surface area contributed by atoms with Gasteiger partial charge in [-0.25, -0.2) is 4.79 Å². The van der Waals surface area contributed by atoms with Crippen molar-refractivity contribution in [2.75, 3.05) is 0 Å². The van der Waals surface area contributed by atoms with Gasteiger partial charge in [-0.1, -0.05) is 18.2 Å². The molecule has 0 spiro atoms. The van der Waals surface area contributed by atoms with Crippen molar-refractivity contribution >= 4 is 5.97 Å². The lowest BCUT2D eigenvalue weighted by Crippen LogP contribution is -1.92. The average Bonchev–Trinajstić information content (AvgIpc) is 2.09. The first-order valence-electron chi connectivity index (χ1n) is 4.23. The molecule has 0 saturated heterocycles. The third-order valence-electron chi connectivity index (χ3n) is 1.81. The van der Waals surface area contributed by atoms with E-state index in [1.54, 1.807) is 0 Å². The van der Waals surface area contributed by atoms with Crippen molar-refractivity contribution in [1.29, 1.82) is 0 Å². The molecule has 74 valence electrons. The Labute approximate surface area is 82.6 Å². The third-order valence-corrected chi connectivity index (χ3v) is 1.81. The molecule has 0 fully saturated rings. The number of hydrogen-bond acceptors (Lipinski definition) is 2. The summed E-state index contributed by atoms with van der Waals surface area (Å²) in [7, 11) is 0. The van der Waals surface area contributed by atoms with Gasteiger partial charge < -0.3 is 9.84 Å². The van der Waals surface area contributed by atoms with Crippen LogP contribution in [-0.2, 0) is 4.79 Å². The molecule has 1 N–H and O–H groups in total. The second kappa shape index (κ2) is 4.46. The summed E-state index contributed by atoms with van der Waals surface area (Å²) in [4.78, 5) is 10.2. The van der Waals surface area contributed by atoms with E-state index >= 15 is 0 Å². The van der Waals surface area contributed by atoms with E-state index in [4.69, 9.17) is 9.84 Å². The summed E-state index contributed by atoms with van der Waals surface area (Å²) >= 11 is 0. The van der Waals surface area contributed by atoms with Crippen LogP contribution in [0.3, 0.4) is 0 Å². The number of carbonyl (C=O) groups is 1. The van der Waals surface area contributed by atoms with E-state index in [0.29, 0.717) is 5.75 Å². The molecule has 0 aliphatic carbocycles. The maximum atomic E-state index is 10.2. The molecule has 0 aliphatic rings. The van der Waals surface area contributed by atoms with Gasteiger partial charge >= 0.3 is 5.97 Å². The molecule has 0 heterocycles. The normalized spacial score (nSPS) is 10.4. The first-order valence-corrected chi connectivity index (χ1v) is 4.23. The minimum Gasteiger partial charge on any atom is -0.478 e. The van der Waals surface area contributed by atoms with Gasteiger partial charge in [0.2, 0.25) is 0 Å². The zero-order chi connectivity index (χ0) is 10.6. The summed E-state index contributed by atoms with van der Waals surface area (Å²) in [5.41, 5.74) is 1.97. The molecule has 3 nitrogen and oxygen atoms in total. The van der Waals surface area contributed by atoms with E-state index in [1.807, 2.05) is 32.0 Å². The minimum absolute atomic E-state index is 0.713. The van der Waals surface area contributed by atoms with E-state index in [0.717, 1.165) is 17.2 Å². The molecule has 0 aliphatic heterocycles. The van der Waals surface area contributed by atoms with Crippen LogP contribution in [0.25, 0.3) is 0 Å². The lowest BCUT2D eigenvalue weighted by atomic mass is 10.1. The van der Waals surface area contributed by atoms with Gasteiger partial charge in [-0.3, -0.25) is 0 Å². The monoisotopic (exact) mass is 192 g/mol. The summed E-state index contributed by atoms with van der Waals surface area (Å²) in [5, 5.41) is 8.36. The van der Waals surface area contributed by atoms with Gasteiger partial charge in [0.05, 0.1) is 12.3 Å². The quantitative estimate of drug-likeness (QED) is 0.590. The highest BCUT2D eigenvalue weighted by Gasteiger charge is 2.00. The first-order chi connectivity index (χ1) is 6.61. The molecular weight excluding hydrogens is 180 g/mol. The number of ether oxygens (including phenoxy) is 1. The number of hydrogen-bond donors (Lipinski definition) is 1. The molecule has 0 saturated carbocycles. The summed E-state index contributed by atoms with van der Waals surface area (Å²) in [6.45, 7) is 3.83. The maximum Gasteiger partial charge on any atom is 0.331 e. The number of para-hydroxylation sites is 1. The molecule has 0 unspecified atom stereocenters. The number of carboxylic acids is 1. The van der Waals surface area contributed by atoms with Crippen LogP contribution in [0.15, 0.2) is 30.5 Å². The maximum absolute atomic E-state index is 10.2. The topological polar surface area (TPSA) is 46.5 Å². The summed E-state index contributed by atoms with van der Waals surface area (Å²) in [6.07, 6.45) is 2.14. The third kappa shape index (κ3) is 2.62. The molecular formula is C11H12O3. The molecule has 1 aromatic rings. The molecule has 0 atom stereocenters. The van der Waals surface area contributed by atoms with Gasteiger partial charge in [0, 0.05) is 0 Å². The molecule has 14 heavy (non-hydrogen) atoms. The molecule has 0 aromatic heterocycles. The van der Waals surface area contributed by atoms with Crippen LogP contribution >= 0.6 is 0 Å². The van der Waals surface area contributed by atoms with Crippen LogP contribution in [0.4, 0.5) is 0 Å². The Kier molecular flexibility index (Phi) is 3.29. The van der Waals surface area contributed by atoms with Crippen molar-refractivity contribution in [2.45, 2.75) is 13.8 Å². The van der Waals surface area contributed by atoms with Crippen LogP contribution in [-0.4, -0.2) is 11.1 Å². The molecule has 3 heteroatoms. The molecule has 0 radical (unpaired) electrons. The Bertz CT molecular complexity index is 347. The van der Waals surface area contributed by atoms with Gasteiger partial charge in [0.1, 0.15) is 5.75 Å². The Hall–Kier alpha value is -1.77. The van der Waals surface area contributed by atoms with Crippen molar-refractivity contribution < 1.29 is 14.6 Å². The molecule has 1 aromatic carbocycles. The van der Waals surface area contributed by atoms with Crippen LogP contribution in [0, 0.1) is 13.8 Å². The van der Waals surface area contributed by atoms with Crippen LogP contribution < -0.4 is 4.74 Å². The zero-order valence-corrected chi connectivity index (χ0v) is 8.15. The molecule has 1 rings (SSSR count). The predicted octanol–water partition coefficient (Wildman–Crippen LogP) is 2.28. The van der Waals surface area contributed by atoms with Crippen LogP contribution in [0.2, 0.25) is 0 Å². The summed E-state index contributed by atoms with van der Waals surface area (Å²) in [5.74, 6) is -0.304. The molecule has 0 bridgehead atoms. The van der Waals surface area contributed by atoms with Gasteiger partial charge in [0.15, 0.2) is 0 Å². The first kappa shape index (κ1) is 10.3. The fraction of sp³-hybridized carbons (Fsp3) is 0.182. The number of benzene rings is 1. The number of aryl methyl sites for hydroxylation is 2. The predicted molar refractivity (Wildman–Crippen MR) is 53.3 cm³/mol. The van der Waals surface area contributed by atoms with Crippen molar-refractivity contribution in [3.63, 3.8) is 0 Å². The largest absolute Gasteiger partial charge is 0.478 e. The zero-order valence-electron chi connectivity index (χ0n) is 8.15. The summed E-state index contributed by atoms with van der Waals surface area (Å²) in [6, 6.07) is 5.76. The number of aliphatic carboxylic acids is 1. The van der Waals surface area contributed by atoms with Gasteiger partial charge in [-0.2, -0.15) is 0 Å². The van der Waals surface area contributed by atoms with E-state index < -0.39 is 5.97 Å². The Balaban J connectivity index is 2.81. The fourth-order valence-electron chi connectivity index (χ4n) is 1.15. The van der Waals surface area contributed by atoms with Crippen molar-refractivity contribution in [3.05, 3.63) is 41.7 Å². The average molecular weight is 192 g/mol. The van der Waals surface area contributed by atoms with E-state index in [-0.39, 0.29) is 0 Å². The van der Waals surface area contributed by atoms with Crippen molar-refractivity contribution in [2.24, 2.45) is 0 Å². The number of rotatable bonds is 3. The Morgan fingerprint density at radius 3 is 2.43 bits per heavy atom. The highest BCUT2D eigenvalue weighted by molar-refractivity contribution is 5.79. The van der Waals surface area contributed by atoms with Gasteiger partial charge in [-0.05, 0) is 25.0 Å². The van der Waals surface area contributed by atoms with E-state index in [2.05, 4.69) is 0 Å². The van der Waals surface area contributed by atoms with Crippen LogP contribution in [0.1, 0.15) is 11.1 Å². The molecule has 0 amide bonds. The smallest absolute Gasteiger partial charge is 0.331 e. The SMILES string of the molecule is Cc1cccc(C)c1OC=CC(=O)O. The van der Waals surface area contributed by atoms with E-state index in [9.17, 15) is 4.79 Å². The standard InChI is InChI=1S/C11H12O3/c1-8-4-3-5-9(2)11(8)14-7-6-10(12)13/h3-7H,1-2H3,(H,12,13). The van der Waals surface area contributed by atoms with E-state index in [1.165, 1.54) is 6.26 Å². The van der Waals surface area contributed by atoms with Crippen molar-refractivity contribution in [3.8, 4) is 5.75 Å². The van der Waals surface area contributed by atoms with Gasteiger partial charge in [0.25, 0.3) is 0 Å². The van der Waals surface area contributed by atoms with Crippen LogP contribution in [0.5, 0.6) is 5.75 Å². The highest BCUT2D eigenvalue weighted by atomic mass is 16.5. The minimum atomic E-state index is -1.02. The Morgan fingerprint density at radius 1 is 1.36 bits per heavy atom. The summed E-state index contributed by atoms with van der Waals surface area (Å²) < 4.78 is 5.22. The second-order valence-corrected chi connectivity index (χ2v) is 2.98. The Morgan fingerprint density at radius 2 is 1.93 bits per heavy atom. The highest BCUT2D eigenvalue weighted by Crippen LogP contribution is 2.22. The number of carboxylic acid groups (broad SMARTS) is 1. The fourth-order valence-corrected chi connectivity index (χ4v) is 1.15. The van der Waals surface area contributed by atoms with Crippen molar-refractivity contribution in [1.82, 2.24) is 0 Å².